The van der Waals surface area contributed by atoms with Crippen LogP contribution in [0.3, 0.4) is 0 Å². The first-order chi connectivity index (χ1) is 10.1. The third-order valence-electron chi connectivity index (χ3n) is 4.85. The lowest BCUT2D eigenvalue weighted by molar-refractivity contribution is 0.254. The van der Waals surface area contributed by atoms with Gasteiger partial charge < -0.3 is 15.8 Å². The minimum atomic E-state index is 0.0428. The highest BCUT2D eigenvalue weighted by atomic mass is 35.5. The van der Waals surface area contributed by atoms with Gasteiger partial charge in [-0.05, 0) is 44.5 Å². The Bertz CT molecular complexity index is 563. The zero-order chi connectivity index (χ0) is 15.0. The molecule has 0 spiro atoms. The van der Waals surface area contributed by atoms with Crippen molar-refractivity contribution < 1.29 is 5.21 Å². The normalized spacial score (nSPS) is 27.0. The smallest absolute Gasteiger partial charge is 0.171 e. The second-order valence-electron chi connectivity index (χ2n) is 5.93. The summed E-state index contributed by atoms with van der Waals surface area (Å²) >= 11 is 6.26. The van der Waals surface area contributed by atoms with E-state index < -0.39 is 0 Å². The summed E-state index contributed by atoms with van der Waals surface area (Å²) in [5.74, 6) is 0.0428. The highest BCUT2D eigenvalue weighted by molar-refractivity contribution is 6.34. The molecule has 2 aliphatic heterocycles. The van der Waals surface area contributed by atoms with Gasteiger partial charge in [0.05, 0.1) is 5.02 Å². The number of nitrogens with two attached hydrogens (primary N) is 1. The zero-order valence-electron chi connectivity index (χ0n) is 12.2. The SMILES string of the molecule is CN1C2CCC1CN(c1ccc(C(N)=NO)c(Cl)c1)CC2. The number of hydrogen-bond acceptors (Lipinski definition) is 4. The molecule has 2 fully saturated rings. The highest BCUT2D eigenvalue weighted by Crippen LogP contribution is 2.32. The van der Waals surface area contributed by atoms with E-state index in [0.29, 0.717) is 22.7 Å². The number of amidine groups is 1. The van der Waals surface area contributed by atoms with E-state index in [1.54, 1.807) is 0 Å². The molecule has 0 amide bonds. The Morgan fingerprint density at radius 1 is 1.33 bits per heavy atom. The first-order valence-electron chi connectivity index (χ1n) is 7.34. The van der Waals surface area contributed by atoms with Crippen LogP contribution in [-0.4, -0.2) is 48.2 Å². The lowest BCUT2D eigenvalue weighted by Crippen LogP contribution is -2.36. The first kappa shape index (κ1) is 14.5. The molecule has 1 aromatic rings. The van der Waals surface area contributed by atoms with E-state index in [1.807, 2.05) is 18.2 Å². The van der Waals surface area contributed by atoms with Crippen molar-refractivity contribution in [1.82, 2.24) is 4.90 Å². The van der Waals surface area contributed by atoms with Gasteiger partial charge in [0.1, 0.15) is 0 Å². The van der Waals surface area contributed by atoms with E-state index in [-0.39, 0.29) is 5.84 Å². The minimum absolute atomic E-state index is 0.0428. The number of benzene rings is 1. The van der Waals surface area contributed by atoms with Crippen LogP contribution in [0, 0.1) is 0 Å². The molecule has 2 unspecified atom stereocenters. The predicted molar refractivity (Wildman–Crippen MR) is 85.4 cm³/mol. The lowest BCUT2D eigenvalue weighted by atomic mass is 10.1. The van der Waals surface area contributed by atoms with Crippen LogP contribution in [0.4, 0.5) is 5.69 Å². The Labute approximate surface area is 130 Å². The maximum absolute atomic E-state index is 8.76. The maximum Gasteiger partial charge on any atom is 0.171 e. The summed E-state index contributed by atoms with van der Waals surface area (Å²) in [6.07, 6.45) is 3.78. The van der Waals surface area contributed by atoms with Crippen molar-refractivity contribution in [1.29, 1.82) is 0 Å². The molecule has 2 atom stereocenters. The number of oxime groups is 1. The quantitative estimate of drug-likeness (QED) is 0.380. The van der Waals surface area contributed by atoms with Gasteiger partial charge in [0.2, 0.25) is 0 Å². The fourth-order valence-corrected chi connectivity index (χ4v) is 3.78. The Balaban J connectivity index is 1.83. The molecule has 1 aromatic carbocycles. The van der Waals surface area contributed by atoms with E-state index in [9.17, 15) is 0 Å². The number of anilines is 1. The largest absolute Gasteiger partial charge is 0.409 e. The molecule has 2 bridgehead atoms. The van der Waals surface area contributed by atoms with Crippen molar-refractivity contribution in [2.45, 2.75) is 31.3 Å². The average Bonchev–Trinajstić information content (AvgIpc) is 2.71. The summed E-state index contributed by atoms with van der Waals surface area (Å²) in [5, 5.41) is 12.3. The fraction of sp³-hybridized carbons (Fsp3) is 0.533. The van der Waals surface area contributed by atoms with Crippen LogP contribution < -0.4 is 10.6 Å². The van der Waals surface area contributed by atoms with Crippen LogP contribution in [0.1, 0.15) is 24.8 Å². The van der Waals surface area contributed by atoms with Crippen molar-refractivity contribution in [2.24, 2.45) is 10.9 Å². The molecule has 114 valence electrons. The summed E-state index contributed by atoms with van der Waals surface area (Å²) in [6, 6.07) is 7.07. The van der Waals surface area contributed by atoms with E-state index in [0.717, 1.165) is 18.8 Å². The van der Waals surface area contributed by atoms with Gasteiger partial charge >= 0.3 is 0 Å². The van der Waals surface area contributed by atoms with E-state index in [4.69, 9.17) is 22.5 Å². The summed E-state index contributed by atoms with van der Waals surface area (Å²) in [7, 11) is 2.24. The molecule has 5 nitrogen and oxygen atoms in total. The molecule has 0 aromatic heterocycles. The van der Waals surface area contributed by atoms with E-state index in [2.05, 4.69) is 22.0 Å². The number of halogens is 1. The van der Waals surface area contributed by atoms with Crippen molar-refractivity contribution in [2.75, 3.05) is 25.0 Å². The molecule has 6 heteroatoms. The molecule has 21 heavy (non-hydrogen) atoms. The van der Waals surface area contributed by atoms with Crippen LogP contribution in [0.2, 0.25) is 5.02 Å². The van der Waals surface area contributed by atoms with Crippen LogP contribution in [0.15, 0.2) is 23.4 Å². The second kappa shape index (κ2) is 5.73. The minimum Gasteiger partial charge on any atom is -0.409 e. The number of nitrogens with zero attached hydrogens (tertiary/aromatic N) is 3. The van der Waals surface area contributed by atoms with Crippen LogP contribution in [-0.2, 0) is 0 Å². The monoisotopic (exact) mass is 308 g/mol. The zero-order valence-corrected chi connectivity index (χ0v) is 12.9. The molecule has 3 N–H and O–H groups in total. The van der Waals surface area contributed by atoms with Crippen molar-refractivity contribution >= 4 is 23.1 Å². The van der Waals surface area contributed by atoms with Crippen LogP contribution in [0.5, 0.6) is 0 Å². The molecule has 2 aliphatic rings. The lowest BCUT2D eigenvalue weighted by Gasteiger charge is -2.28. The molecule has 0 saturated carbocycles. The summed E-state index contributed by atoms with van der Waals surface area (Å²) in [4.78, 5) is 4.91. The molecule has 3 rings (SSSR count). The van der Waals surface area contributed by atoms with Gasteiger partial charge in [0, 0.05) is 36.4 Å². The van der Waals surface area contributed by atoms with Crippen LogP contribution in [0.25, 0.3) is 0 Å². The number of fused-ring (bicyclic) bond motifs is 2. The molecule has 0 aliphatic carbocycles. The van der Waals surface area contributed by atoms with Crippen molar-refractivity contribution in [3.63, 3.8) is 0 Å². The third-order valence-corrected chi connectivity index (χ3v) is 5.16. The van der Waals surface area contributed by atoms with Gasteiger partial charge in [-0.2, -0.15) is 0 Å². The van der Waals surface area contributed by atoms with E-state index in [1.165, 1.54) is 19.3 Å². The van der Waals surface area contributed by atoms with Crippen LogP contribution >= 0.6 is 11.6 Å². The van der Waals surface area contributed by atoms with Crippen molar-refractivity contribution in [3.05, 3.63) is 28.8 Å². The number of likely N-dealkylation sites (N-methyl/N-ethyl adjacent to an activating group) is 1. The first-order valence-corrected chi connectivity index (χ1v) is 7.72. The standard InChI is InChI=1S/C15H21ClN4O/c1-19-10-2-3-12(19)9-20(7-6-10)11-4-5-13(14(16)8-11)15(17)18-21/h4-5,8,10,12,21H,2-3,6-7,9H2,1H3,(H2,17,18). The molecule has 2 saturated heterocycles. The third kappa shape index (κ3) is 2.68. The van der Waals surface area contributed by atoms with Gasteiger partial charge in [-0.25, -0.2) is 0 Å². The van der Waals surface area contributed by atoms with Gasteiger partial charge in [0.15, 0.2) is 5.84 Å². The molecule has 2 heterocycles. The van der Waals surface area contributed by atoms with Gasteiger partial charge in [-0.3, -0.25) is 4.90 Å². The molecular formula is C15H21ClN4O. The average molecular weight is 309 g/mol. The summed E-state index contributed by atoms with van der Waals surface area (Å²) < 4.78 is 0. The Kier molecular flexibility index (Phi) is 3.95. The summed E-state index contributed by atoms with van der Waals surface area (Å²) in [6.45, 7) is 2.08. The summed E-state index contributed by atoms with van der Waals surface area (Å²) in [5.41, 5.74) is 7.28. The molecular weight excluding hydrogens is 288 g/mol. The number of hydrogen-bond donors (Lipinski definition) is 2. The second-order valence-corrected chi connectivity index (χ2v) is 6.34. The van der Waals surface area contributed by atoms with Gasteiger partial charge in [0.25, 0.3) is 0 Å². The van der Waals surface area contributed by atoms with Crippen molar-refractivity contribution in [3.8, 4) is 0 Å². The Hall–Kier alpha value is -1.46. The number of rotatable bonds is 2. The predicted octanol–water partition coefficient (Wildman–Crippen LogP) is 2.11. The van der Waals surface area contributed by atoms with Gasteiger partial charge in [-0.15, -0.1) is 0 Å². The maximum atomic E-state index is 8.76. The van der Waals surface area contributed by atoms with E-state index >= 15 is 0 Å². The fourth-order valence-electron chi connectivity index (χ4n) is 3.51. The highest BCUT2D eigenvalue weighted by Gasteiger charge is 2.34. The molecule has 0 radical (unpaired) electrons. The Morgan fingerprint density at radius 3 is 2.81 bits per heavy atom. The Morgan fingerprint density at radius 2 is 2.10 bits per heavy atom. The van der Waals surface area contributed by atoms with Gasteiger partial charge in [-0.1, -0.05) is 16.8 Å². The topological polar surface area (TPSA) is 65.1 Å².